The molecular formula is C27H25F3N4O6S. The first-order valence-electron chi connectivity index (χ1n) is 12.2. The third-order valence-electron chi connectivity index (χ3n) is 6.19. The van der Waals surface area contributed by atoms with E-state index in [1.54, 1.807) is 24.3 Å². The zero-order valence-corrected chi connectivity index (χ0v) is 22.8. The van der Waals surface area contributed by atoms with Gasteiger partial charge in [-0.25, -0.2) is 13.1 Å². The van der Waals surface area contributed by atoms with E-state index in [9.17, 15) is 36.3 Å². The summed E-state index contributed by atoms with van der Waals surface area (Å²) in [6.45, 7) is 3.79. The number of aliphatic hydroxyl groups is 1. The second kappa shape index (κ2) is 11.3. The third-order valence-corrected chi connectivity index (χ3v) is 6.86. The summed E-state index contributed by atoms with van der Waals surface area (Å²) in [5.74, 6) is -3.01. The molecule has 0 saturated carbocycles. The van der Waals surface area contributed by atoms with Gasteiger partial charge in [0.15, 0.2) is 5.82 Å². The highest BCUT2D eigenvalue weighted by Gasteiger charge is 2.47. The van der Waals surface area contributed by atoms with Crippen molar-refractivity contribution in [3.05, 3.63) is 88.6 Å². The first kappa shape index (κ1) is 29.7. The van der Waals surface area contributed by atoms with Crippen LogP contribution in [0, 0.1) is 0 Å². The molecule has 216 valence electrons. The van der Waals surface area contributed by atoms with Crippen molar-refractivity contribution in [3.63, 3.8) is 0 Å². The lowest BCUT2D eigenvalue weighted by Crippen LogP contribution is -2.30. The number of nitrogens with zero attached hydrogens (tertiary/aromatic N) is 3. The molecule has 1 aromatic heterocycles. The van der Waals surface area contributed by atoms with E-state index in [2.05, 4.69) is 19.7 Å². The number of nitrogens with one attached hydrogen (secondary N) is 1. The molecule has 2 N–H and O–H groups in total. The molecule has 1 aliphatic heterocycles. The molecule has 0 aliphatic carbocycles. The summed E-state index contributed by atoms with van der Waals surface area (Å²) >= 11 is 0. The van der Waals surface area contributed by atoms with E-state index in [1.807, 2.05) is 13.8 Å². The number of ether oxygens (including phenoxy) is 1. The van der Waals surface area contributed by atoms with Crippen LogP contribution in [0.1, 0.15) is 48.2 Å². The van der Waals surface area contributed by atoms with Gasteiger partial charge in [0, 0.05) is 5.56 Å². The van der Waals surface area contributed by atoms with Crippen LogP contribution >= 0.6 is 0 Å². The molecule has 1 unspecified atom stereocenters. The van der Waals surface area contributed by atoms with Crippen molar-refractivity contribution in [2.24, 2.45) is 0 Å². The summed E-state index contributed by atoms with van der Waals surface area (Å²) < 4.78 is 67.0. The lowest BCUT2D eigenvalue weighted by Gasteiger charge is -2.24. The van der Waals surface area contributed by atoms with Crippen LogP contribution in [0.4, 0.5) is 19.0 Å². The Morgan fingerprint density at radius 1 is 1.02 bits per heavy atom. The first-order valence-corrected chi connectivity index (χ1v) is 14.1. The quantitative estimate of drug-likeness (QED) is 0.226. The van der Waals surface area contributed by atoms with Crippen LogP contribution in [0.5, 0.6) is 5.75 Å². The monoisotopic (exact) mass is 590 g/mol. The molecule has 10 nitrogen and oxygen atoms in total. The smallest absolute Gasteiger partial charge is 0.507 e. The molecule has 1 atom stereocenters. The zero-order chi connectivity index (χ0) is 30.1. The summed E-state index contributed by atoms with van der Waals surface area (Å²) in [5.41, 5.74) is 1.32. The van der Waals surface area contributed by atoms with E-state index in [0.29, 0.717) is 0 Å². The van der Waals surface area contributed by atoms with Gasteiger partial charge in [0.05, 0.1) is 30.1 Å². The number of amides is 1. The summed E-state index contributed by atoms with van der Waals surface area (Å²) in [7, 11) is -3.52. The molecule has 14 heteroatoms. The van der Waals surface area contributed by atoms with E-state index in [1.165, 1.54) is 24.3 Å². The lowest BCUT2D eigenvalue weighted by molar-refractivity contribution is -0.274. The van der Waals surface area contributed by atoms with Crippen molar-refractivity contribution in [2.45, 2.75) is 38.7 Å². The molecule has 1 aliphatic rings. The number of sulfonamides is 1. The number of anilines is 1. The topological polar surface area (TPSA) is 139 Å². The Morgan fingerprint density at radius 2 is 1.66 bits per heavy atom. The van der Waals surface area contributed by atoms with Gasteiger partial charge in [0.2, 0.25) is 10.0 Å². The van der Waals surface area contributed by atoms with Gasteiger partial charge < -0.3 is 9.84 Å². The fourth-order valence-corrected chi connectivity index (χ4v) is 4.61. The number of aromatic nitrogens is 2. The van der Waals surface area contributed by atoms with Crippen LogP contribution in [0.15, 0.2) is 66.2 Å². The van der Waals surface area contributed by atoms with Crippen LogP contribution in [0.3, 0.4) is 0 Å². The van der Waals surface area contributed by atoms with Gasteiger partial charge in [0.25, 0.3) is 5.78 Å². The average Bonchev–Trinajstić information content (AvgIpc) is 3.16. The number of carbonyl (C=O) groups is 2. The van der Waals surface area contributed by atoms with Crippen LogP contribution in [0.2, 0.25) is 0 Å². The van der Waals surface area contributed by atoms with Gasteiger partial charge >= 0.3 is 12.3 Å². The average molecular weight is 591 g/mol. The minimum atomic E-state index is -4.93. The minimum Gasteiger partial charge on any atom is -0.507 e. The number of rotatable bonds is 8. The van der Waals surface area contributed by atoms with Crippen molar-refractivity contribution in [1.29, 1.82) is 0 Å². The molecule has 1 amide bonds. The minimum absolute atomic E-state index is 0.106. The number of alkyl halides is 3. The van der Waals surface area contributed by atoms with E-state index >= 15 is 0 Å². The van der Waals surface area contributed by atoms with Crippen LogP contribution < -0.4 is 14.4 Å². The summed E-state index contributed by atoms with van der Waals surface area (Å²) in [5, 5.41) is 19.1. The van der Waals surface area contributed by atoms with E-state index in [-0.39, 0.29) is 40.7 Å². The summed E-state index contributed by atoms with van der Waals surface area (Å²) in [4.78, 5) is 27.5. The Bertz CT molecular complexity index is 1590. The number of hydrogen-bond donors (Lipinski definition) is 2. The molecule has 0 radical (unpaired) electrons. The number of aliphatic hydroxyl groups excluding tert-OH is 1. The van der Waals surface area contributed by atoms with Gasteiger partial charge in [-0.3, -0.25) is 14.5 Å². The Balaban J connectivity index is 1.80. The first-order chi connectivity index (χ1) is 19.1. The molecule has 1 fully saturated rings. The second-order valence-corrected chi connectivity index (χ2v) is 11.4. The molecule has 2 aromatic carbocycles. The molecule has 0 spiro atoms. The highest BCUT2D eigenvalue weighted by atomic mass is 32.2. The largest absolute Gasteiger partial charge is 0.573 e. The molecular weight excluding hydrogens is 565 g/mol. The Labute approximate surface area is 233 Å². The van der Waals surface area contributed by atoms with Crippen LogP contribution in [-0.2, 0) is 26.2 Å². The molecule has 1 saturated heterocycles. The highest BCUT2D eigenvalue weighted by molar-refractivity contribution is 7.88. The fraction of sp³-hybridized carbons (Fsp3) is 0.259. The lowest BCUT2D eigenvalue weighted by atomic mass is 9.94. The van der Waals surface area contributed by atoms with Crippen molar-refractivity contribution in [1.82, 2.24) is 14.9 Å². The standard InChI is InChI=1S/C27H25F3N4O6S/c1-15(2)16-4-6-18(7-5-16)24(35)22-23(17-8-11-20(12-9-17)40-27(28,29)30)34(26(37)25(22)36)21-13-10-19(32-33-21)14-31-41(3,38)39/h4-13,15,23,31,35H,14H2,1-3H3. The Hall–Kier alpha value is -4.30. The van der Waals surface area contributed by atoms with Gasteiger partial charge in [-0.15, -0.1) is 18.3 Å². The molecule has 2 heterocycles. The van der Waals surface area contributed by atoms with Gasteiger partial charge in [-0.1, -0.05) is 50.2 Å². The number of Topliss-reactive ketones (excluding diaryl/α,β-unsaturated/α-hetero) is 1. The number of hydrogen-bond acceptors (Lipinski definition) is 8. The number of benzene rings is 2. The fourth-order valence-electron chi connectivity index (χ4n) is 4.20. The van der Waals surface area contributed by atoms with Crippen LogP contribution in [-0.4, -0.2) is 48.0 Å². The van der Waals surface area contributed by atoms with E-state index in [0.717, 1.165) is 28.9 Å². The Kier molecular flexibility index (Phi) is 8.17. The molecule has 4 rings (SSSR count). The van der Waals surface area contributed by atoms with Gasteiger partial charge in [-0.05, 0) is 41.3 Å². The maximum Gasteiger partial charge on any atom is 0.573 e. The third kappa shape index (κ3) is 6.89. The molecule has 3 aromatic rings. The summed E-state index contributed by atoms with van der Waals surface area (Å²) in [6.07, 6.45) is -3.96. The maximum atomic E-state index is 13.3. The highest BCUT2D eigenvalue weighted by Crippen LogP contribution is 2.42. The van der Waals surface area contributed by atoms with Gasteiger partial charge in [-0.2, -0.15) is 5.10 Å². The SMILES string of the molecule is CC(C)c1ccc(C(O)=C2C(=O)C(=O)N(c3ccc(CNS(C)(=O)=O)nn3)C2c2ccc(OC(F)(F)F)cc2)cc1. The molecule has 41 heavy (non-hydrogen) atoms. The van der Waals surface area contributed by atoms with Crippen molar-refractivity contribution in [3.8, 4) is 5.75 Å². The number of carbonyl (C=O) groups excluding carboxylic acids is 2. The maximum absolute atomic E-state index is 13.3. The van der Waals surface area contributed by atoms with Crippen molar-refractivity contribution < 1.29 is 41.0 Å². The number of ketones is 1. The molecule has 0 bridgehead atoms. The predicted octanol–water partition coefficient (Wildman–Crippen LogP) is 4.17. The zero-order valence-electron chi connectivity index (χ0n) is 22.0. The van der Waals surface area contributed by atoms with Crippen molar-refractivity contribution >= 4 is 33.3 Å². The summed E-state index contributed by atoms with van der Waals surface area (Å²) in [6, 6.07) is 12.7. The van der Waals surface area contributed by atoms with Gasteiger partial charge in [0.1, 0.15) is 11.5 Å². The Morgan fingerprint density at radius 3 is 2.17 bits per heavy atom. The predicted molar refractivity (Wildman–Crippen MR) is 142 cm³/mol. The second-order valence-electron chi connectivity index (χ2n) is 9.54. The van der Waals surface area contributed by atoms with E-state index < -0.39 is 45.6 Å². The van der Waals surface area contributed by atoms with Crippen molar-refractivity contribution in [2.75, 3.05) is 11.2 Å². The van der Waals surface area contributed by atoms with E-state index in [4.69, 9.17) is 0 Å². The number of halogens is 3. The normalized spacial score (nSPS) is 17.3. The van der Waals surface area contributed by atoms with Crippen LogP contribution in [0.25, 0.3) is 5.76 Å².